The number of benzene rings is 2. The van der Waals surface area contributed by atoms with Crippen molar-refractivity contribution in [2.24, 2.45) is 5.92 Å². The van der Waals surface area contributed by atoms with Crippen LogP contribution in [0.4, 0.5) is 0 Å². The normalized spacial score (nSPS) is 19.3. The SMILES string of the molecule is O=C1CCCN(C(=O)[C@H](O)C2CCCCC2)CCCNC(=O)c2cccc(c2)-c2cc(ccc2O)CCN1. The first-order chi connectivity index (χ1) is 18.4. The van der Waals surface area contributed by atoms with E-state index in [0.29, 0.717) is 56.6 Å². The molecule has 1 aliphatic heterocycles. The van der Waals surface area contributed by atoms with Crippen molar-refractivity contribution in [1.29, 1.82) is 0 Å². The highest BCUT2D eigenvalue weighted by atomic mass is 16.3. The van der Waals surface area contributed by atoms with E-state index in [9.17, 15) is 24.6 Å². The van der Waals surface area contributed by atoms with E-state index in [0.717, 1.165) is 43.2 Å². The van der Waals surface area contributed by atoms with Crippen LogP contribution in [0.1, 0.15) is 67.3 Å². The van der Waals surface area contributed by atoms with Gasteiger partial charge in [0.05, 0.1) is 0 Å². The van der Waals surface area contributed by atoms with Gasteiger partial charge in [-0.15, -0.1) is 0 Å². The fourth-order valence-electron chi connectivity index (χ4n) is 5.41. The number of carbonyl (C=O) groups is 3. The molecule has 0 spiro atoms. The highest BCUT2D eigenvalue weighted by Gasteiger charge is 2.30. The second-order valence-electron chi connectivity index (χ2n) is 10.4. The number of phenolic OH excluding ortho intramolecular Hbond substituents is 1. The van der Waals surface area contributed by atoms with Gasteiger partial charge >= 0.3 is 0 Å². The van der Waals surface area contributed by atoms with Crippen molar-refractivity contribution in [1.82, 2.24) is 15.5 Å². The average molecular weight is 522 g/mol. The van der Waals surface area contributed by atoms with Crippen LogP contribution in [-0.4, -0.2) is 65.1 Å². The summed E-state index contributed by atoms with van der Waals surface area (Å²) in [6.07, 6.45) is 5.82. The van der Waals surface area contributed by atoms with Crippen LogP contribution in [0.25, 0.3) is 11.1 Å². The van der Waals surface area contributed by atoms with Gasteiger partial charge < -0.3 is 25.7 Å². The van der Waals surface area contributed by atoms with E-state index in [1.54, 1.807) is 29.2 Å². The molecule has 0 radical (unpaired) electrons. The Bertz CT molecular complexity index is 1130. The summed E-state index contributed by atoms with van der Waals surface area (Å²) >= 11 is 0. The molecule has 4 rings (SSSR count). The van der Waals surface area contributed by atoms with Crippen molar-refractivity contribution in [3.05, 3.63) is 53.6 Å². The van der Waals surface area contributed by atoms with Crippen LogP contribution in [0.5, 0.6) is 5.75 Å². The molecule has 204 valence electrons. The predicted molar refractivity (Wildman–Crippen MR) is 146 cm³/mol. The van der Waals surface area contributed by atoms with Crippen LogP contribution in [0.3, 0.4) is 0 Å². The van der Waals surface area contributed by atoms with Gasteiger partial charge in [-0.25, -0.2) is 0 Å². The first kappa shape index (κ1) is 27.6. The smallest absolute Gasteiger partial charge is 0.251 e. The summed E-state index contributed by atoms with van der Waals surface area (Å²) in [5.41, 5.74) is 2.80. The maximum absolute atomic E-state index is 13.2. The number of rotatable bonds is 2. The molecule has 38 heavy (non-hydrogen) atoms. The number of carbonyl (C=O) groups excluding carboxylic acids is 3. The average Bonchev–Trinajstić information content (AvgIpc) is 2.94. The summed E-state index contributed by atoms with van der Waals surface area (Å²) < 4.78 is 0. The molecule has 2 aliphatic rings. The zero-order valence-corrected chi connectivity index (χ0v) is 22.0. The van der Waals surface area contributed by atoms with Gasteiger partial charge in [-0.3, -0.25) is 14.4 Å². The van der Waals surface area contributed by atoms with Crippen LogP contribution in [0.15, 0.2) is 42.5 Å². The highest BCUT2D eigenvalue weighted by molar-refractivity contribution is 5.95. The van der Waals surface area contributed by atoms with Gasteiger partial charge in [0.1, 0.15) is 11.9 Å². The van der Waals surface area contributed by atoms with E-state index < -0.39 is 6.10 Å². The first-order valence-corrected chi connectivity index (χ1v) is 13.9. The van der Waals surface area contributed by atoms with Gasteiger partial charge in [-0.05, 0) is 73.4 Å². The second kappa shape index (κ2) is 13.4. The van der Waals surface area contributed by atoms with E-state index >= 15 is 0 Å². The molecular weight excluding hydrogens is 482 g/mol. The van der Waals surface area contributed by atoms with Gasteiger partial charge in [0.2, 0.25) is 5.91 Å². The Morgan fingerprint density at radius 3 is 2.45 bits per heavy atom. The molecule has 1 fully saturated rings. The number of aromatic hydroxyl groups is 1. The Hall–Kier alpha value is -3.39. The molecule has 8 nitrogen and oxygen atoms in total. The molecule has 0 saturated heterocycles. The summed E-state index contributed by atoms with van der Waals surface area (Å²) in [6.45, 7) is 1.60. The predicted octanol–water partition coefficient (Wildman–Crippen LogP) is 3.40. The lowest BCUT2D eigenvalue weighted by atomic mass is 9.85. The minimum absolute atomic E-state index is 0.0131. The summed E-state index contributed by atoms with van der Waals surface area (Å²) in [6, 6.07) is 12.5. The van der Waals surface area contributed by atoms with Crippen LogP contribution in [-0.2, 0) is 16.0 Å². The van der Waals surface area contributed by atoms with Crippen molar-refractivity contribution >= 4 is 17.7 Å². The Morgan fingerprint density at radius 1 is 0.868 bits per heavy atom. The van der Waals surface area contributed by atoms with Crippen LogP contribution >= 0.6 is 0 Å². The third kappa shape index (κ3) is 7.34. The molecule has 2 aromatic rings. The Balaban J connectivity index is 1.48. The van der Waals surface area contributed by atoms with E-state index in [1.165, 1.54) is 0 Å². The Kier molecular flexibility index (Phi) is 9.76. The zero-order valence-electron chi connectivity index (χ0n) is 22.0. The van der Waals surface area contributed by atoms with Crippen LogP contribution < -0.4 is 10.6 Å². The third-order valence-corrected chi connectivity index (χ3v) is 7.62. The van der Waals surface area contributed by atoms with Crippen molar-refractivity contribution < 1.29 is 24.6 Å². The van der Waals surface area contributed by atoms with Gasteiger partial charge in [-0.1, -0.05) is 37.5 Å². The molecule has 1 heterocycles. The number of nitrogens with zero attached hydrogens (tertiary/aromatic N) is 1. The molecule has 0 unspecified atom stereocenters. The molecule has 8 heteroatoms. The quantitative estimate of drug-likeness (QED) is 0.483. The fraction of sp³-hybridized carbons (Fsp3) is 0.500. The lowest BCUT2D eigenvalue weighted by molar-refractivity contribution is -0.144. The maximum atomic E-state index is 13.2. The van der Waals surface area contributed by atoms with E-state index in [1.807, 2.05) is 18.2 Å². The van der Waals surface area contributed by atoms with E-state index in [2.05, 4.69) is 10.6 Å². The van der Waals surface area contributed by atoms with Crippen LogP contribution in [0.2, 0.25) is 0 Å². The number of hydrogen-bond acceptors (Lipinski definition) is 5. The summed E-state index contributed by atoms with van der Waals surface area (Å²) in [4.78, 5) is 40.2. The standard InChI is InChI=1S/C30H39N3O5/c34-26-13-12-21-14-16-31-27(35)11-5-17-33(30(38)28(36)22-7-2-1-3-8-22)18-6-15-32-29(37)24-10-4-9-23(20-24)25(26)19-21/h4,9-10,12-13,19-20,22,28,34,36H,1-3,5-8,11,14-18H2,(H,31,35)(H,32,37)/t28-/m1/s1. The third-order valence-electron chi connectivity index (χ3n) is 7.62. The van der Waals surface area contributed by atoms with E-state index in [4.69, 9.17) is 0 Å². The number of hydrogen-bond donors (Lipinski definition) is 4. The number of fused-ring (bicyclic) bond motifs is 5. The number of nitrogens with one attached hydrogen (secondary N) is 2. The second-order valence-corrected chi connectivity index (χ2v) is 10.4. The Labute approximate surface area is 224 Å². The molecule has 2 aromatic carbocycles. The van der Waals surface area contributed by atoms with Crippen LogP contribution in [0, 0.1) is 5.92 Å². The van der Waals surface area contributed by atoms with Crippen molar-refractivity contribution in [3.63, 3.8) is 0 Å². The lowest BCUT2D eigenvalue weighted by Crippen LogP contribution is -2.45. The van der Waals surface area contributed by atoms with Gasteiger partial charge in [0, 0.05) is 43.7 Å². The van der Waals surface area contributed by atoms with E-state index in [-0.39, 0.29) is 35.8 Å². The fourth-order valence-corrected chi connectivity index (χ4v) is 5.41. The molecule has 3 amide bonds. The first-order valence-electron chi connectivity index (χ1n) is 13.9. The highest BCUT2D eigenvalue weighted by Crippen LogP contribution is 2.31. The minimum Gasteiger partial charge on any atom is -0.507 e. The monoisotopic (exact) mass is 521 g/mol. The molecular formula is C30H39N3O5. The van der Waals surface area contributed by atoms with Crippen molar-refractivity contribution in [2.45, 2.75) is 63.9 Å². The number of aliphatic hydroxyl groups is 1. The number of aliphatic hydroxyl groups excluding tert-OH is 1. The molecule has 1 atom stereocenters. The zero-order chi connectivity index (χ0) is 26.9. The van der Waals surface area contributed by atoms with Gasteiger partial charge in [-0.2, -0.15) is 0 Å². The molecule has 1 saturated carbocycles. The number of phenols is 1. The lowest BCUT2D eigenvalue weighted by Gasteiger charge is -2.31. The summed E-state index contributed by atoms with van der Waals surface area (Å²) in [7, 11) is 0. The van der Waals surface area contributed by atoms with Crippen molar-refractivity contribution in [3.8, 4) is 16.9 Å². The number of amides is 3. The van der Waals surface area contributed by atoms with Gasteiger partial charge in [0.25, 0.3) is 11.8 Å². The Morgan fingerprint density at radius 2 is 1.63 bits per heavy atom. The summed E-state index contributed by atoms with van der Waals surface area (Å²) in [5, 5.41) is 27.1. The van der Waals surface area contributed by atoms with Gasteiger partial charge in [0.15, 0.2) is 0 Å². The largest absolute Gasteiger partial charge is 0.507 e. The molecule has 4 bridgehead atoms. The molecule has 0 aromatic heterocycles. The maximum Gasteiger partial charge on any atom is 0.251 e. The minimum atomic E-state index is -1.02. The summed E-state index contributed by atoms with van der Waals surface area (Å²) in [5.74, 6) is -0.471. The topological polar surface area (TPSA) is 119 Å². The molecule has 4 N–H and O–H groups in total. The van der Waals surface area contributed by atoms with Crippen molar-refractivity contribution in [2.75, 3.05) is 26.2 Å². The molecule has 1 aliphatic carbocycles.